The fraction of sp³-hybridized carbons (Fsp3) is 1.00. The maximum Gasteiger partial charge on any atom is 0.139 e. The summed E-state index contributed by atoms with van der Waals surface area (Å²) in [5.41, 5.74) is 0.168. The van der Waals surface area contributed by atoms with Crippen molar-refractivity contribution >= 4 is 18.1 Å². The van der Waals surface area contributed by atoms with E-state index in [9.17, 15) is 4.21 Å². The third kappa shape index (κ3) is 12.3. The summed E-state index contributed by atoms with van der Waals surface area (Å²) in [6.07, 6.45) is 2.62. The van der Waals surface area contributed by atoms with E-state index in [0.717, 1.165) is 19.5 Å². The minimum absolute atomic E-state index is 0.168. The molecule has 0 aromatic heterocycles. The topological polar surface area (TPSA) is 41.1 Å². The van der Waals surface area contributed by atoms with Crippen LogP contribution >= 0.6 is 0 Å². The maximum absolute atomic E-state index is 11.1. The number of hydrogen-bond acceptors (Lipinski definition) is 2. The third-order valence-electron chi connectivity index (χ3n) is 1.39. The van der Waals surface area contributed by atoms with Gasteiger partial charge in [-0.25, -0.2) is 0 Å². The molecule has 13 heavy (non-hydrogen) atoms. The van der Waals surface area contributed by atoms with Crippen LogP contribution in [-0.4, -0.2) is 38.0 Å². The molecule has 78 valence electrons. The van der Waals surface area contributed by atoms with Gasteiger partial charge in [0.15, 0.2) is 0 Å². The Hall–Kier alpha value is 0.287. The Balaban J connectivity index is 3.39. The van der Waals surface area contributed by atoms with E-state index in [0.29, 0.717) is 0 Å². The molecule has 0 bridgehead atoms. The Labute approximate surface area is 84.8 Å². The lowest BCUT2D eigenvalue weighted by Gasteiger charge is -2.20. The van der Waals surface area contributed by atoms with Gasteiger partial charge >= 0.3 is 0 Å². The van der Waals surface area contributed by atoms with Gasteiger partial charge in [0.2, 0.25) is 0 Å². The molecule has 0 heterocycles. The average Bonchev–Trinajstić information content (AvgIpc) is 1.81. The van der Waals surface area contributed by atoms with Crippen molar-refractivity contribution in [3.8, 4) is 0 Å². The standard InChI is InChI=1S/C8H20N2OSSi/c1-8(2,3)9-6-5-7-10-12(4,11)13/h9H,5-7H2,1-4H3,(H,10,11). The van der Waals surface area contributed by atoms with Gasteiger partial charge in [-0.1, -0.05) is 0 Å². The molecule has 2 N–H and O–H groups in total. The molecule has 3 nitrogen and oxygen atoms in total. The summed E-state index contributed by atoms with van der Waals surface area (Å²) in [7, 11) is 1.15. The second kappa shape index (κ2) is 5.24. The summed E-state index contributed by atoms with van der Waals surface area (Å²) in [5.74, 6) is 0. The van der Waals surface area contributed by atoms with Gasteiger partial charge in [-0.3, -0.25) is 8.93 Å². The van der Waals surface area contributed by atoms with Crippen LogP contribution in [0.5, 0.6) is 0 Å². The van der Waals surface area contributed by atoms with Gasteiger partial charge < -0.3 is 5.32 Å². The fourth-order valence-corrected chi connectivity index (χ4v) is 1.66. The Kier molecular flexibility index (Phi) is 5.35. The number of rotatable bonds is 5. The van der Waals surface area contributed by atoms with Crippen LogP contribution in [0.15, 0.2) is 0 Å². The number of nitrogens with one attached hydrogen (secondary N) is 2. The van der Waals surface area contributed by atoms with E-state index in [1.165, 1.54) is 0 Å². The van der Waals surface area contributed by atoms with E-state index >= 15 is 0 Å². The predicted octanol–water partition coefficient (Wildman–Crippen LogP) is 0.267. The summed E-state index contributed by atoms with van der Waals surface area (Å²) in [5, 5.41) is 3.36. The first kappa shape index (κ1) is 13.3. The van der Waals surface area contributed by atoms with Crippen molar-refractivity contribution in [2.75, 3.05) is 19.3 Å². The molecule has 2 radical (unpaired) electrons. The highest BCUT2D eigenvalue weighted by molar-refractivity contribution is 8.02. The van der Waals surface area contributed by atoms with Crippen LogP contribution < -0.4 is 10.0 Å². The highest BCUT2D eigenvalue weighted by Gasteiger charge is 2.06. The van der Waals surface area contributed by atoms with Gasteiger partial charge in [-0.15, -0.1) is 0 Å². The zero-order valence-corrected chi connectivity index (χ0v) is 10.8. The van der Waals surface area contributed by atoms with Gasteiger partial charge in [0.05, 0.1) is 0 Å². The molecule has 1 atom stereocenters. The summed E-state index contributed by atoms with van der Waals surface area (Å²) in [6.45, 7) is 8.11. The van der Waals surface area contributed by atoms with Crippen molar-refractivity contribution in [1.29, 1.82) is 0 Å². The quantitative estimate of drug-likeness (QED) is 0.516. The van der Waals surface area contributed by atoms with Gasteiger partial charge in [0.1, 0.15) is 8.95 Å². The molecule has 0 aliphatic heterocycles. The fourth-order valence-electron chi connectivity index (χ4n) is 0.819. The molecule has 0 saturated heterocycles. The summed E-state index contributed by atoms with van der Waals surface area (Å²) < 4.78 is 14.0. The van der Waals surface area contributed by atoms with Crippen LogP contribution in [0.25, 0.3) is 0 Å². The average molecular weight is 220 g/mol. The van der Waals surface area contributed by atoms with E-state index in [1.54, 1.807) is 6.26 Å². The van der Waals surface area contributed by atoms with Crippen LogP contribution in [0.1, 0.15) is 27.2 Å². The minimum Gasteiger partial charge on any atom is -0.312 e. The van der Waals surface area contributed by atoms with Crippen molar-refractivity contribution in [3.63, 3.8) is 0 Å². The molecular weight excluding hydrogens is 200 g/mol. The van der Waals surface area contributed by atoms with Crippen molar-refractivity contribution in [2.24, 2.45) is 0 Å². The van der Waals surface area contributed by atoms with Crippen LogP contribution in [0.3, 0.4) is 0 Å². The largest absolute Gasteiger partial charge is 0.312 e. The van der Waals surface area contributed by atoms with Gasteiger partial charge in [-0.2, -0.15) is 0 Å². The smallest absolute Gasteiger partial charge is 0.139 e. The summed E-state index contributed by atoms with van der Waals surface area (Å²) >= 11 is 0. The Morgan fingerprint density at radius 1 is 1.31 bits per heavy atom. The van der Waals surface area contributed by atoms with Crippen molar-refractivity contribution in [3.05, 3.63) is 0 Å². The monoisotopic (exact) mass is 220 g/mol. The molecule has 5 heteroatoms. The molecule has 0 amide bonds. The molecule has 0 rings (SSSR count). The maximum atomic E-state index is 11.1. The van der Waals surface area contributed by atoms with Crippen LogP contribution in [0, 0.1) is 0 Å². The van der Waals surface area contributed by atoms with Crippen molar-refractivity contribution in [1.82, 2.24) is 10.0 Å². The van der Waals surface area contributed by atoms with Gasteiger partial charge in [0.25, 0.3) is 0 Å². The molecule has 0 aromatic carbocycles. The van der Waals surface area contributed by atoms with Gasteiger partial charge in [0, 0.05) is 18.3 Å². The normalized spacial score (nSPS) is 16.9. The first-order valence-electron chi connectivity index (χ1n) is 4.44. The first-order valence-corrected chi connectivity index (χ1v) is 7.63. The Bertz CT molecular complexity index is 231. The van der Waals surface area contributed by atoms with E-state index in [1.807, 2.05) is 0 Å². The molecule has 0 aliphatic rings. The molecule has 0 fully saturated rings. The second-order valence-corrected chi connectivity index (χ2v) is 8.58. The zero-order valence-electron chi connectivity index (χ0n) is 8.94. The van der Waals surface area contributed by atoms with Crippen LogP contribution in [0.2, 0.25) is 0 Å². The Morgan fingerprint density at radius 2 is 1.85 bits per heavy atom. The summed E-state index contributed by atoms with van der Waals surface area (Å²) in [4.78, 5) is 0. The van der Waals surface area contributed by atoms with Crippen molar-refractivity contribution < 1.29 is 4.21 Å². The molecule has 0 aliphatic carbocycles. The molecule has 0 aromatic rings. The lowest BCUT2D eigenvalue weighted by atomic mass is 10.1. The predicted molar refractivity (Wildman–Crippen MR) is 60.2 cm³/mol. The third-order valence-corrected chi connectivity index (χ3v) is 2.57. The highest BCUT2D eigenvalue weighted by atomic mass is 32.3. The van der Waals surface area contributed by atoms with E-state index in [-0.39, 0.29) is 5.54 Å². The van der Waals surface area contributed by atoms with E-state index in [2.05, 4.69) is 39.8 Å². The second-order valence-electron chi connectivity index (χ2n) is 4.27. The zero-order chi connectivity index (χ0) is 10.5. The van der Waals surface area contributed by atoms with Crippen LogP contribution in [0.4, 0.5) is 0 Å². The van der Waals surface area contributed by atoms with E-state index < -0.39 is 9.12 Å². The SMILES string of the molecule is CC(C)(C)NCCCNS(C)(=O)=[Si]. The van der Waals surface area contributed by atoms with Gasteiger partial charge in [-0.05, 0) is 42.9 Å². The molecular formula is C8H20N2OSSi. The molecule has 1 unspecified atom stereocenters. The lowest BCUT2D eigenvalue weighted by molar-refractivity contribution is 0.422. The van der Waals surface area contributed by atoms with Crippen LogP contribution in [-0.2, 0) is 9.12 Å². The molecule has 0 saturated carbocycles. The van der Waals surface area contributed by atoms with E-state index in [4.69, 9.17) is 0 Å². The lowest BCUT2D eigenvalue weighted by Crippen LogP contribution is -2.37. The minimum atomic E-state index is -1.96. The highest BCUT2D eigenvalue weighted by Crippen LogP contribution is 1.97. The molecule has 0 spiro atoms. The summed E-state index contributed by atoms with van der Waals surface area (Å²) in [6, 6.07) is 0. The number of hydrogen-bond donors (Lipinski definition) is 2. The first-order chi connectivity index (χ1) is 5.71. The van der Waals surface area contributed by atoms with Crippen molar-refractivity contribution in [2.45, 2.75) is 32.7 Å². The Morgan fingerprint density at radius 3 is 2.23 bits per heavy atom.